The van der Waals surface area contributed by atoms with Crippen molar-refractivity contribution in [2.75, 3.05) is 39.1 Å². The summed E-state index contributed by atoms with van der Waals surface area (Å²) in [5.41, 5.74) is 2.47. The smallest absolute Gasteiger partial charge is 0.251 e. The Bertz CT molecular complexity index is 840. The quantitative estimate of drug-likeness (QED) is 0.748. The van der Waals surface area contributed by atoms with Gasteiger partial charge in [0.05, 0.1) is 19.3 Å². The lowest BCUT2D eigenvalue weighted by Gasteiger charge is -2.35. The van der Waals surface area contributed by atoms with E-state index >= 15 is 0 Å². The molecule has 1 N–H and O–H groups in total. The van der Waals surface area contributed by atoms with E-state index in [9.17, 15) is 9.00 Å². The topological polar surface area (TPSA) is 58.6 Å². The number of nitrogens with zero attached hydrogens (tertiary/aromatic N) is 1. The van der Waals surface area contributed by atoms with E-state index in [0.717, 1.165) is 24.2 Å². The molecule has 7 heteroatoms. The number of hydrogen-bond acceptors (Lipinski definition) is 4. The van der Waals surface area contributed by atoms with Crippen molar-refractivity contribution in [3.05, 3.63) is 70.2 Å². The molecule has 1 aliphatic rings. The van der Waals surface area contributed by atoms with Gasteiger partial charge in [-0.2, -0.15) is 0 Å². The molecule has 1 aliphatic heterocycles. The average Bonchev–Trinajstić information content (AvgIpc) is 2.70. The molecule has 3 rings (SSSR count). The van der Waals surface area contributed by atoms with Crippen molar-refractivity contribution in [2.45, 2.75) is 11.8 Å². The SMILES string of the molecule is C[S@@](=O)Cc1cccc(C(=O)NC[C@@H](c2ccccc2Cl)N2CCOCC2)c1. The molecule has 1 amide bonds. The highest BCUT2D eigenvalue weighted by molar-refractivity contribution is 7.83. The van der Waals surface area contributed by atoms with Gasteiger partial charge in [-0.15, -0.1) is 0 Å². The lowest BCUT2D eigenvalue weighted by molar-refractivity contribution is 0.0162. The zero-order valence-electron chi connectivity index (χ0n) is 15.9. The second-order valence-corrected chi connectivity index (χ2v) is 8.66. The van der Waals surface area contributed by atoms with E-state index in [-0.39, 0.29) is 11.9 Å². The van der Waals surface area contributed by atoms with Crippen LogP contribution >= 0.6 is 11.6 Å². The molecule has 2 aromatic carbocycles. The van der Waals surface area contributed by atoms with Crippen molar-refractivity contribution in [1.82, 2.24) is 10.2 Å². The summed E-state index contributed by atoms with van der Waals surface area (Å²) in [6, 6.07) is 15.0. The number of benzene rings is 2. The van der Waals surface area contributed by atoms with E-state index in [2.05, 4.69) is 10.2 Å². The van der Waals surface area contributed by atoms with E-state index in [1.54, 1.807) is 18.4 Å². The molecule has 2 atom stereocenters. The van der Waals surface area contributed by atoms with Crippen LogP contribution in [0.1, 0.15) is 27.5 Å². The number of carbonyl (C=O) groups is 1. The van der Waals surface area contributed by atoms with Gasteiger partial charge in [-0.05, 0) is 29.3 Å². The molecule has 28 heavy (non-hydrogen) atoms. The predicted molar refractivity (Wildman–Crippen MR) is 113 cm³/mol. The Morgan fingerprint density at radius 2 is 1.96 bits per heavy atom. The minimum atomic E-state index is -0.945. The number of amides is 1. The molecule has 0 unspecified atom stereocenters. The highest BCUT2D eigenvalue weighted by Crippen LogP contribution is 2.27. The fourth-order valence-electron chi connectivity index (χ4n) is 3.40. The molecule has 150 valence electrons. The van der Waals surface area contributed by atoms with Crippen LogP contribution in [0.3, 0.4) is 0 Å². The first kappa shape index (κ1) is 21.0. The van der Waals surface area contributed by atoms with E-state index in [1.165, 1.54) is 0 Å². The number of hydrogen-bond donors (Lipinski definition) is 1. The summed E-state index contributed by atoms with van der Waals surface area (Å²) in [7, 11) is -0.945. The number of ether oxygens (including phenoxy) is 1. The molecular formula is C21H25ClN2O3S. The van der Waals surface area contributed by atoms with Crippen molar-refractivity contribution in [3.8, 4) is 0 Å². The maximum atomic E-state index is 12.7. The van der Waals surface area contributed by atoms with Crippen molar-refractivity contribution in [1.29, 1.82) is 0 Å². The van der Waals surface area contributed by atoms with Crippen molar-refractivity contribution < 1.29 is 13.7 Å². The Morgan fingerprint density at radius 1 is 1.21 bits per heavy atom. The fraction of sp³-hybridized carbons (Fsp3) is 0.381. The largest absolute Gasteiger partial charge is 0.379 e. The van der Waals surface area contributed by atoms with Gasteiger partial charge in [0, 0.05) is 53.0 Å². The Hall–Kier alpha value is -1.73. The summed E-state index contributed by atoms with van der Waals surface area (Å²) in [5.74, 6) is 0.297. The van der Waals surface area contributed by atoms with E-state index in [1.807, 2.05) is 36.4 Å². The van der Waals surface area contributed by atoms with Crippen LogP contribution in [0.5, 0.6) is 0 Å². The van der Waals surface area contributed by atoms with Gasteiger partial charge in [-0.25, -0.2) is 0 Å². The third-order valence-electron chi connectivity index (χ3n) is 4.77. The Morgan fingerprint density at radius 3 is 2.68 bits per heavy atom. The third kappa shape index (κ3) is 5.64. The van der Waals surface area contributed by atoms with Gasteiger partial charge in [-0.3, -0.25) is 13.9 Å². The maximum absolute atomic E-state index is 12.7. The summed E-state index contributed by atoms with van der Waals surface area (Å²) in [4.78, 5) is 15.0. The molecule has 0 radical (unpaired) electrons. The lowest BCUT2D eigenvalue weighted by atomic mass is 10.0. The minimum absolute atomic E-state index is 0.0205. The lowest BCUT2D eigenvalue weighted by Crippen LogP contribution is -2.44. The van der Waals surface area contributed by atoms with Crippen LogP contribution in [0.25, 0.3) is 0 Å². The molecule has 0 aromatic heterocycles. The number of nitrogens with one attached hydrogen (secondary N) is 1. The van der Waals surface area contributed by atoms with Crippen molar-refractivity contribution in [2.24, 2.45) is 0 Å². The van der Waals surface area contributed by atoms with Gasteiger partial charge < -0.3 is 10.1 Å². The van der Waals surface area contributed by atoms with Gasteiger partial charge in [0.25, 0.3) is 5.91 Å². The number of halogens is 1. The molecule has 0 saturated carbocycles. The van der Waals surface area contributed by atoms with Gasteiger partial charge >= 0.3 is 0 Å². The van der Waals surface area contributed by atoms with Gasteiger partial charge in [0.15, 0.2) is 0 Å². The second-order valence-electron chi connectivity index (χ2n) is 6.81. The molecular weight excluding hydrogens is 396 g/mol. The van der Waals surface area contributed by atoms with Gasteiger partial charge in [-0.1, -0.05) is 41.9 Å². The molecule has 0 aliphatic carbocycles. The summed E-state index contributed by atoms with van der Waals surface area (Å²) in [6.07, 6.45) is 1.66. The van der Waals surface area contributed by atoms with Crippen LogP contribution in [-0.2, 0) is 21.3 Å². The van der Waals surface area contributed by atoms with Gasteiger partial charge in [0.1, 0.15) is 0 Å². The average molecular weight is 421 g/mol. The number of carbonyl (C=O) groups excluding carboxylic acids is 1. The number of morpholine rings is 1. The summed E-state index contributed by atoms with van der Waals surface area (Å²) >= 11 is 6.44. The number of rotatable bonds is 7. The molecule has 0 spiro atoms. The van der Waals surface area contributed by atoms with Crippen molar-refractivity contribution in [3.63, 3.8) is 0 Å². The zero-order chi connectivity index (χ0) is 19.9. The van der Waals surface area contributed by atoms with E-state index in [0.29, 0.717) is 36.1 Å². The summed E-state index contributed by atoms with van der Waals surface area (Å²) < 4.78 is 16.9. The fourth-order valence-corrected chi connectivity index (χ4v) is 4.31. The maximum Gasteiger partial charge on any atom is 0.251 e. The Balaban J connectivity index is 1.73. The first-order valence-corrected chi connectivity index (χ1v) is 11.4. The molecule has 1 fully saturated rings. The van der Waals surface area contributed by atoms with Crippen LogP contribution < -0.4 is 5.32 Å². The third-order valence-corrected chi connectivity index (χ3v) is 5.85. The van der Waals surface area contributed by atoms with Crippen LogP contribution in [0.15, 0.2) is 48.5 Å². The van der Waals surface area contributed by atoms with E-state index in [4.69, 9.17) is 16.3 Å². The normalized spacial score (nSPS) is 17.1. The standard InChI is InChI=1S/C21H25ClN2O3S/c1-28(26)15-16-5-4-6-17(13-16)21(25)23-14-20(24-9-11-27-12-10-24)18-7-2-3-8-19(18)22/h2-8,13,20H,9-12,14-15H2,1H3,(H,23,25)/t20-,28+/m0/s1. The molecule has 0 bridgehead atoms. The summed E-state index contributed by atoms with van der Waals surface area (Å²) in [6.45, 7) is 3.38. The first-order chi connectivity index (χ1) is 13.5. The van der Waals surface area contributed by atoms with E-state index < -0.39 is 10.8 Å². The van der Waals surface area contributed by atoms with Crippen LogP contribution in [0.4, 0.5) is 0 Å². The molecule has 1 heterocycles. The first-order valence-electron chi connectivity index (χ1n) is 9.28. The predicted octanol–water partition coefficient (Wildman–Crippen LogP) is 3.02. The van der Waals surface area contributed by atoms with Crippen LogP contribution in [0, 0.1) is 0 Å². The molecule has 2 aromatic rings. The Labute approximate surface area is 173 Å². The second kappa shape index (κ2) is 10.2. The van der Waals surface area contributed by atoms with Crippen LogP contribution in [-0.4, -0.2) is 54.1 Å². The zero-order valence-corrected chi connectivity index (χ0v) is 17.5. The highest BCUT2D eigenvalue weighted by atomic mass is 35.5. The highest BCUT2D eigenvalue weighted by Gasteiger charge is 2.25. The Kier molecular flexibility index (Phi) is 7.62. The molecule has 1 saturated heterocycles. The van der Waals surface area contributed by atoms with Crippen LogP contribution in [0.2, 0.25) is 5.02 Å². The molecule has 5 nitrogen and oxygen atoms in total. The van der Waals surface area contributed by atoms with Gasteiger partial charge in [0.2, 0.25) is 0 Å². The monoisotopic (exact) mass is 420 g/mol. The minimum Gasteiger partial charge on any atom is -0.379 e. The van der Waals surface area contributed by atoms with Crippen molar-refractivity contribution >= 4 is 28.3 Å². The summed E-state index contributed by atoms with van der Waals surface area (Å²) in [5, 5.41) is 3.74.